The number of aliphatic hydroxyl groups excluding tert-OH is 2. The van der Waals surface area contributed by atoms with Crippen LogP contribution in [0.2, 0.25) is 0 Å². The molecule has 8 nitrogen and oxygen atoms in total. The number of aliphatic hydroxyl groups is 2. The van der Waals surface area contributed by atoms with Crippen LogP contribution in [0.15, 0.2) is 54.1 Å². The summed E-state index contributed by atoms with van der Waals surface area (Å²) in [6.45, 7) is 4.44. The number of aromatic nitrogens is 4. The van der Waals surface area contributed by atoms with Gasteiger partial charge >= 0.3 is 0 Å². The number of halogens is 2. The molecule has 3 atom stereocenters. The second-order valence-electron chi connectivity index (χ2n) is 10.3. The summed E-state index contributed by atoms with van der Waals surface area (Å²) < 4.78 is 29.0. The highest BCUT2D eigenvalue weighted by molar-refractivity contribution is 6.02. The molecule has 0 radical (unpaired) electrons. The van der Waals surface area contributed by atoms with Gasteiger partial charge in [0.05, 0.1) is 41.4 Å². The summed E-state index contributed by atoms with van der Waals surface area (Å²) in [5.41, 5.74) is 2.62. The fourth-order valence-electron chi connectivity index (χ4n) is 6.43. The Morgan fingerprint density at radius 1 is 1.14 bits per heavy atom. The molecule has 2 aromatic heterocycles. The second-order valence-corrected chi connectivity index (χ2v) is 10.3. The van der Waals surface area contributed by atoms with Crippen molar-refractivity contribution in [1.82, 2.24) is 25.1 Å². The number of hydrogen-bond donors (Lipinski definition) is 2. The first-order valence-electron chi connectivity index (χ1n) is 12.2. The molecule has 0 saturated heterocycles. The third kappa shape index (κ3) is 3.35. The Kier molecular flexibility index (Phi) is 5.43. The van der Waals surface area contributed by atoms with Gasteiger partial charge < -0.3 is 15.1 Å². The fourth-order valence-corrected chi connectivity index (χ4v) is 6.43. The Balaban J connectivity index is 1.37. The molecule has 2 N–H and O–H groups in total. The van der Waals surface area contributed by atoms with E-state index in [-0.39, 0.29) is 28.4 Å². The number of aliphatic imine (C=N–C) groups is 1. The number of benzene rings is 1. The van der Waals surface area contributed by atoms with Crippen molar-refractivity contribution in [2.45, 2.75) is 44.2 Å². The number of hydrogen-bond acceptors (Lipinski definition) is 8. The van der Waals surface area contributed by atoms with Crippen molar-refractivity contribution in [3.05, 3.63) is 83.3 Å². The van der Waals surface area contributed by atoms with Gasteiger partial charge in [0.15, 0.2) is 5.82 Å². The SMILES string of the molecule is CC1(C)[C@H]2CC[C@@]1(N1C=CN=C(c3cnc([C@H](O)CO)nc3)C1)c1nnc(-c3c(F)cccc3F)cc12. The molecule has 1 aromatic carbocycles. The van der Waals surface area contributed by atoms with E-state index in [0.717, 1.165) is 29.8 Å². The maximum absolute atomic E-state index is 14.5. The van der Waals surface area contributed by atoms with Gasteiger partial charge in [0.1, 0.15) is 17.7 Å². The van der Waals surface area contributed by atoms with Crippen LogP contribution < -0.4 is 0 Å². The quantitative estimate of drug-likeness (QED) is 0.546. The zero-order valence-corrected chi connectivity index (χ0v) is 20.4. The van der Waals surface area contributed by atoms with E-state index in [0.29, 0.717) is 12.1 Å². The summed E-state index contributed by atoms with van der Waals surface area (Å²) in [4.78, 5) is 15.2. The number of nitrogens with zero attached hydrogens (tertiary/aromatic N) is 6. The number of rotatable bonds is 5. The van der Waals surface area contributed by atoms with Crippen LogP contribution in [0.1, 0.15) is 61.4 Å². The normalized spacial score (nSPS) is 24.2. The minimum absolute atomic E-state index is 0.149. The molecule has 1 aliphatic heterocycles. The first-order valence-corrected chi connectivity index (χ1v) is 12.2. The molecule has 0 spiro atoms. The summed E-state index contributed by atoms with van der Waals surface area (Å²) in [6, 6.07) is 5.60. The van der Waals surface area contributed by atoms with E-state index in [1.54, 1.807) is 24.7 Å². The average Bonchev–Trinajstić information content (AvgIpc) is 3.29. The van der Waals surface area contributed by atoms with Gasteiger partial charge in [-0.25, -0.2) is 18.7 Å². The minimum atomic E-state index is -1.13. The predicted octanol–water partition coefficient (Wildman–Crippen LogP) is 3.63. The summed E-state index contributed by atoms with van der Waals surface area (Å²) in [7, 11) is 0. The van der Waals surface area contributed by atoms with Crippen LogP contribution in [0.4, 0.5) is 8.78 Å². The van der Waals surface area contributed by atoms with Crippen molar-refractivity contribution < 1.29 is 19.0 Å². The Bertz CT molecular complexity index is 1420. The topological polar surface area (TPSA) is 108 Å². The third-order valence-corrected chi connectivity index (χ3v) is 8.30. The van der Waals surface area contributed by atoms with Gasteiger partial charge in [0.2, 0.25) is 0 Å². The fraction of sp³-hybridized carbons (Fsp3) is 0.370. The van der Waals surface area contributed by atoms with Crippen LogP contribution in [-0.4, -0.2) is 54.1 Å². The molecule has 1 fully saturated rings. The van der Waals surface area contributed by atoms with E-state index in [2.05, 4.69) is 43.9 Å². The van der Waals surface area contributed by atoms with E-state index < -0.39 is 29.9 Å². The molecule has 2 aliphatic carbocycles. The van der Waals surface area contributed by atoms with Crippen molar-refractivity contribution in [2.75, 3.05) is 13.2 Å². The zero-order chi connectivity index (χ0) is 25.9. The highest BCUT2D eigenvalue weighted by Gasteiger charge is 2.66. The first-order chi connectivity index (χ1) is 17.8. The highest BCUT2D eigenvalue weighted by atomic mass is 19.1. The van der Waals surface area contributed by atoms with Gasteiger partial charge in [-0.3, -0.25) is 4.99 Å². The lowest BCUT2D eigenvalue weighted by Gasteiger charge is -2.47. The molecule has 3 heterocycles. The zero-order valence-electron chi connectivity index (χ0n) is 20.4. The van der Waals surface area contributed by atoms with E-state index >= 15 is 0 Å². The molecule has 3 aliphatic rings. The van der Waals surface area contributed by atoms with Crippen LogP contribution in [0.25, 0.3) is 11.3 Å². The molecule has 6 rings (SSSR count). The van der Waals surface area contributed by atoms with Gasteiger partial charge in [-0.15, -0.1) is 5.10 Å². The largest absolute Gasteiger partial charge is 0.393 e. The van der Waals surface area contributed by atoms with E-state index in [9.17, 15) is 13.9 Å². The van der Waals surface area contributed by atoms with Gasteiger partial charge in [0, 0.05) is 35.8 Å². The van der Waals surface area contributed by atoms with Gasteiger partial charge in [-0.1, -0.05) is 19.9 Å². The highest BCUT2D eigenvalue weighted by Crippen LogP contribution is 2.68. The lowest BCUT2D eigenvalue weighted by atomic mass is 9.73. The summed E-state index contributed by atoms with van der Waals surface area (Å²) in [5.74, 6) is -1.02. The lowest BCUT2D eigenvalue weighted by molar-refractivity contribution is 0.0543. The predicted molar refractivity (Wildman–Crippen MR) is 131 cm³/mol. The Morgan fingerprint density at radius 2 is 1.86 bits per heavy atom. The van der Waals surface area contributed by atoms with Crippen LogP contribution in [0.5, 0.6) is 0 Å². The Hall–Kier alpha value is -3.63. The lowest BCUT2D eigenvalue weighted by Crippen LogP contribution is -2.51. The van der Waals surface area contributed by atoms with E-state index in [4.69, 9.17) is 5.11 Å². The maximum atomic E-state index is 14.5. The summed E-state index contributed by atoms with van der Waals surface area (Å²) in [5, 5.41) is 27.8. The molecule has 0 amide bonds. The van der Waals surface area contributed by atoms with Gasteiger partial charge in [-0.05, 0) is 42.5 Å². The standard InChI is InChI=1S/C27H26F2N6O2/c1-26(2)17-6-7-27(26,24-16(17)10-20(33-34-24)23-18(28)4-3-5-19(23)29)35-9-8-30-21(13-35)15-11-31-25(32-12-15)22(37)14-36/h3-5,8-12,17,22,36-37H,6-7,13-14H2,1-2H3/t17-,22+,27+/m0/s1. The van der Waals surface area contributed by atoms with Crippen molar-refractivity contribution in [3.8, 4) is 11.3 Å². The molecule has 190 valence electrons. The molecular weight excluding hydrogens is 478 g/mol. The molecule has 0 unspecified atom stereocenters. The molecule has 3 aromatic rings. The van der Waals surface area contributed by atoms with Gasteiger partial charge in [-0.2, -0.15) is 5.10 Å². The van der Waals surface area contributed by atoms with Crippen molar-refractivity contribution in [3.63, 3.8) is 0 Å². The van der Waals surface area contributed by atoms with Gasteiger partial charge in [0.25, 0.3) is 0 Å². The van der Waals surface area contributed by atoms with E-state index in [1.807, 2.05) is 6.20 Å². The molecular formula is C27H26F2N6O2. The molecule has 2 bridgehead atoms. The average molecular weight is 505 g/mol. The van der Waals surface area contributed by atoms with Crippen LogP contribution in [0.3, 0.4) is 0 Å². The minimum Gasteiger partial charge on any atom is -0.393 e. The molecule has 1 saturated carbocycles. The van der Waals surface area contributed by atoms with Crippen LogP contribution >= 0.6 is 0 Å². The monoisotopic (exact) mass is 504 g/mol. The maximum Gasteiger partial charge on any atom is 0.159 e. The number of fused-ring (bicyclic) bond motifs is 5. The van der Waals surface area contributed by atoms with Crippen molar-refractivity contribution >= 4 is 5.71 Å². The first kappa shape index (κ1) is 23.7. The Labute approximate surface area is 212 Å². The smallest absolute Gasteiger partial charge is 0.159 e. The van der Waals surface area contributed by atoms with Crippen LogP contribution in [0, 0.1) is 17.0 Å². The van der Waals surface area contributed by atoms with Crippen molar-refractivity contribution in [1.29, 1.82) is 0 Å². The third-order valence-electron chi connectivity index (χ3n) is 8.30. The second kappa shape index (κ2) is 8.46. The van der Waals surface area contributed by atoms with Crippen LogP contribution in [-0.2, 0) is 5.54 Å². The van der Waals surface area contributed by atoms with Crippen molar-refractivity contribution in [2.24, 2.45) is 10.4 Å². The summed E-state index contributed by atoms with van der Waals surface area (Å²) >= 11 is 0. The Morgan fingerprint density at radius 3 is 2.57 bits per heavy atom. The molecule has 10 heteroatoms. The van der Waals surface area contributed by atoms with E-state index in [1.165, 1.54) is 18.2 Å². The summed E-state index contributed by atoms with van der Waals surface area (Å²) in [6.07, 6.45) is 7.52. The molecule has 37 heavy (non-hydrogen) atoms.